The number of carbonyl (C=O) groups is 1. The molecule has 0 spiro atoms. The van der Waals surface area contributed by atoms with Crippen LogP contribution in [0.25, 0.3) is 10.2 Å². The number of carbonyl (C=O) groups excluding carboxylic acids is 1. The van der Waals surface area contributed by atoms with Gasteiger partial charge in [-0.25, -0.2) is 4.98 Å². The Labute approximate surface area is 172 Å². The molecule has 1 amide bonds. The number of thiophene rings is 1. The van der Waals surface area contributed by atoms with Crippen molar-refractivity contribution in [2.75, 3.05) is 38.2 Å². The highest BCUT2D eigenvalue weighted by Crippen LogP contribution is 2.39. The molecular formula is C19H22ClN3O2S2. The number of aromatic nitrogens is 1. The van der Waals surface area contributed by atoms with Gasteiger partial charge in [-0.15, -0.1) is 11.3 Å². The molecule has 0 N–H and O–H groups in total. The first-order valence-corrected chi connectivity index (χ1v) is 10.9. The summed E-state index contributed by atoms with van der Waals surface area (Å²) >= 11 is 9.22. The molecule has 5 nitrogen and oxygen atoms in total. The highest BCUT2D eigenvalue weighted by atomic mass is 35.5. The van der Waals surface area contributed by atoms with Crippen LogP contribution in [0.2, 0.25) is 5.02 Å². The third kappa shape index (κ3) is 4.27. The molecule has 8 heteroatoms. The first kappa shape index (κ1) is 20.1. The number of hydrogen-bond donors (Lipinski definition) is 0. The SMILES string of the molecule is CCN(CC)CCN(C(=O)c1cccs1)c1nc2c(OC)ccc(Cl)c2s1. The van der Waals surface area contributed by atoms with Crippen LogP contribution in [-0.2, 0) is 0 Å². The zero-order valence-corrected chi connectivity index (χ0v) is 18.0. The average molecular weight is 424 g/mol. The normalized spacial score (nSPS) is 11.3. The van der Waals surface area contributed by atoms with Crippen LogP contribution in [0.5, 0.6) is 5.75 Å². The van der Waals surface area contributed by atoms with Gasteiger partial charge in [0.15, 0.2) is 5.13 Å². The Bertz CT molecular complexity index is 907. The van der Waals surface area contributed by atoms with Crippen molar-refractivity contribution in [3.8, 4) is 5.75 Å². The second-order valence-corrected chi connectivity index (χ2v) is 8.22. The van der Waals surface area contributed by atoms with E-state index in [4.69, 9.17) is 21.3 Å². The first-order valence-electron chi connectivity index (χ1n) is 8.79. The summed E-state index contributed by atoms with van der Waals surface area (Å²) in [5, 5.41) is 3.16. The second kappa shape index (κ2) is 9.01. The van der Waals surface area contributed by atoms with Crippen molar-refractivity contribution in [3.63, 3.8) is 0 Å². The Morgan fingerprint density at radius 1 is 1.22 bits per heavy atom. The van der Waals surface area contributed by atoms with Gasteiger partial charge in [0.25, 0.3) is 5.91 Å². The number of likely N-dealkylation sites (N-methyl/N-ethyl adjacent to an activating group) is 1. The number of ether oxygens (including phenoxy) is 1. The number of thiazole rings is 1. The molecule has 0 radical (unpaired) electrons. The van der Waals surface area contributed by atoms with Crippen LogP contribution in [0.15, 0.2) is 29.6 Å². The minimum Gasteiger partial charge on any atom is -0.494 e. The van der Waals surface area contributed by atoms with Crippen molar-refractivity contribution in [1.82, 2.24) is 9.88 Å². The quantitative estimate of drug-likeness (QED) is 0.511. The van der Waals surface area contributed by atoms with Crippen LogP contribution in [-0.4, -0.2) is 49.1 Å². The summed E-state index contributed by atoms with van der Waals surface area (Å²) in [5.74, 6) is 0.621. The first-order chi connectivity index (χ1) is 13.1. The van der Waals surface area contributed by atoms with E-state index < -0.39 is 0 Å². The number of amides is 1. The van der Waals surface area contributed by atoms with E-state index in [0.717, 1.165) is 24.3 Å². The molecule has 0 aliphatic heterocycles. The lowest BCUT2D eigenvalue weighted by atomic mass is 10.3. The Balaban J connectivity index is 2.00. The van der Waals surface area contributed by atoms with E-state index in [-0.39, 0.29) is 5.91 Å². The highest BCUT2D eigenvalue weighted by Gasteiger charge is 2.24. The molecule has 0 aliphatic rings. The van der Waals surface area contributed by atoms with E-state index in [0.29, 0.717) is 32.8 Å². The van der Waals surface area contributed by atoms with Crippen LogP contribution < -0.4 is 9.64 Å². The zero-order valence-electron chi connectivity index (χ0n) is 15.6. The molecule has 0 aliphatic carbocycles. The number of benzene rings is 1. The summed E-state index contributed by atoms with van der Waals surface area (Å²) in [5.41, 5.74) is 0.691. The third-order valence-corrected chi connectivity index (χ3v) is 6.81. The molecule has 1 aromatic carbocycles. The van der Waals surface area contributed by atoms with Crippen LogP contribution in [0.1, 0.15) is 23.5 Å². The standard InChI is InChI=1S/C19H22ClN3O2S2/c1-4-22(5-2)10-11-23(18(24)15-7-6-12-26-15)19-21-16-14(25-3)9-8-13(20)17(16)27-19/h6-9,12H,4-5,10-11H2,1-3H3. The summed E-state index contributed by atoms with van der Waals surface area (Å²) in [6.45, 7) is 7.48. The summed E-state index contributed by atoms with van der Waals surface area (Å²) in [4.78, 5) is 22.6. The molecule has 0 atom stereocenters. The maximum Gasteiger partial charge on any atom is 0.270 e. The molecular weight excluding hydrogens is 402 g/mol. The number of fused-ring (bicyclic) bond motifs is 1. The topological polar surface area (TPSA) is 45.7 Å². The predicted octanol–water partition coefficient (Wildman–Crippen LogP) is 5.01. The van der Waals surface area contributed by atoms with Crippen molar-refractivity contribution in [3.05, 3.63) is 39.5 Å². The fourth-order valence-corrected chi connectivity index (χ4v) is 4.77. The molecule has 2 aromatic heterocycles. The Morgan fingerprint density at radius 3 is 2.63 bits per heavy atom. The van der Waals surface area contributed by atoms with Gasteiger partial charge in [-0.1, -0.05) is 42.9 Å². The highest BCUT2D eigenvalue weighted by molar-refractivity contribution is 7.23. The number of hydrogen-bond acceptors (Lipinski definition) is 6. The Kier molecular flexibility index (Phi) is 6.70. The van der Waals surface area contributed by atoms with Crippen LogP contribution >= 0.6 is 34.3 Å². The van der Waals surface area contributed by atoms with Crippen molar-refractivity contribution in [2.24, 2.45) is 0 Å². The number of methoxy groups -OCH3 is 1. The maximum absolute atomic E-state index is 13.1. The van der Waals surface area contributed by atoms with Gasteiger partial charge in [-0.3, -0.25) is 9.69 Å². The Hall–Kier alpha value is -1.67. The molecule has 27 heavy (non-hydrogen) atoms. The van der Waals surface area contributed by atoms with Crippen LogP contribution in [0, 0.1) is 0 Å². The number of nitrogens with zero attached hydrogens (tertiary/aromatic N) is 3. The van der Waals surface area contributed by atoms with Crippen LogP contribution in [0.4, 0.5) is 5.13 Å². The molecule has 0 fully saturated rings. The van der Waals surface area contributed by atoms with Crippen molar-refractivity contribution < 1.29 is 9.53 Å². The van der Waals surface area contributed by atoms with Gasteiger partial charge in [0, 0.05) is 13.1 Å². The smallest absolute Gasteiger partial charge is 0.270 e. The van der Waals surface area contributed by atoms with Gasteiger partial charge in [-0.05, 0) is 36.7 Å². The number of anilines is 1. The largest absolute Gasteiger partial charge is 0.494 e. The fourth-order valence-electron chi connectivity index (χ4n) is 2.82. The molecule has 3 rings (SSSR count). The zero-order chi connectivity index (χ0) is 19.4. The molecule has 2 heterocycles. The lowest BCUT2D eigenvalue weighted by molar-refractivity contribution is 0.0987. The Morgan fingerprint density at radius 2 is 2.00 bits per heavy atom. The minimum absolute atomic E-state index is 0.0358. The van der Waals surface area contributed by atoms with E-state index in [9.17, 15) is 4.79 Å². The summed E-state index contributed by atoms with van der Waals surface area (Å²) in [6.07, 6.45) is 0. The predicted molar refractivity (Wildman–Crippen MR) is 115 cm³/mol. The molecule has 144 valence electrons. The second-order valence-electron chi connectivity index (χ2n) is 5.88. The van der Waals surface area contributed by atoms with Crippen molar-refractivity contribution in [1.29, 1.82) is 0 Å². The van der Waals surface area contributed by atoms with Gasteiger partial charge in [0.2, 0.25) is 0 Å². The summed E-state index contributed by atoms with van der Waals surface area (Å²) in [6, 6.07) is 7.33. The lowest BCUT2D eigenvalue weighted by Gasteiger charge is -2.24. The van der Waals surface area contributed by atoms with Crippen molar-refractivity contribution >= 4 is 55.5 Å². The van der Waals surface area contributed by atoms with E-state index in [1.54, 1.807) is 24.1 Å². The number of halogens is 1. The fraction of sp³-hybridized carbons (Fsp3) is 0.368. The van der Waals surface area contributed by atoms with E-state index in [1.807, 2.05) is 17.5 Å². The molecule has 0 unspecified atom stereocenters. The van der Waals surface area contributed by atoms with Crippen LogP contribution in [0.3, 0.4) is 0 Å². The van der Waals surface area contributed by atoms with Crippen molar-refractivity contribution in [2.45, 2.75) is 13.8 Å². The van der Waals surface area contributed by atoms with Gasteiger partial charge in [0.05, 0.1) is 21.7 Å². The maximum atomic E-state index is 13.1. The number of rotatable bonds is 8. The minimum atomic E-state index is -0.0358. The molecule has 0 saturated heterocycles. The van der Waals surface area contributed by atoms with E-state index in [1.165, 1.54) is 22.7 Å². The van der Waals surface area contributed by atoms with Gasteiger partial charge in [0.1, 0.15) is 11.3 Å². The monoisotopic (exact) mass is 423 g/mol. The molecule has 3 aromatic rings. The lowest BCUT2D eigenvalue weighted by Crippen LogP contribution is -2.38. The van der Waals surface area contributed by atoms with Gasteiger partial charge in [-0.2, -0.15) is 0 Å². The average Bonchev–Trinajstić information content (AvgIpc) is 3.36. The third-order valence-electron chi connectivity index (χ3n) is 4.41. The summed E-state index contributed by atoms with van der Waals surface area (Å²) in [7, 11) is 1.61. The van der Waals surface area contributed by atoms with E-state index >= 15 is 0 Å². The molecule has 0 bridgehead atoms. The van der Waals surface area contributed by atoms with Gasteiger partial charge >= 0.3 is 0 Å². The van der Waals surface area contributed by atoms with E-state index in [2.05, 4.69) is 18.7 Å². The summed E-state index contributed by atoms with van der Waals surface area (Å²) < 4.78 is 6.25. The molecule has 0 saturated carbocycles. The van der Waals surface area contributed by atoms with Gasteiger partial charge < -0.3 is 9.64 Å².